The maximum absolute atomic E-state index is 9.59. The van der Waals surface area contributed by atoms with Crippen LogP contribution in [0.25, 0.3) is 0 Å². The number of piperidine rings is 1. The van der Waals surface area contributed by atoms with Crippen LogP contribution in [0.5, 0.6) is 0 Å². The van der Waals surface area contributed by atoms with Gasteiger partial charge in [-0.2, -0.15) is 5.10 Å². The van der Waals surface area contributed by atoms with Gasteiger partial charge >= 0.3 is 0 Å². The van der Waals surface area contributed by atoms with Crippen molar-refractivity contribution in [3.05, 3.63) is 17.0 Å². The average molecular weight is 379 g/mol. The molecule has 1 aromatic heterocycles. The second kappa shape index (κ2) is 10.7. The Kier molecular flexibility index (Phi) is 8.57. The van der Waals surface area contributed by atoms with Crippen molar-refractivity contribution < 1.29 is 5.11 Å². The highest BCUT2D eigenvalue weighted by molar-refractivity contribution is 5.80. The summed E-state index contributed by atoms with van der Waals surface area (Å²) >= 11 is 0. The summed E-state index contributed by atoms with van der Waals surface area (Å²) in [5.41, 5.74) is 3.66. The predicted molar refractivity (Wildman–Crippen MR) is 111 cm³/mol. The number of likely N-dealkylation sites (tertiary alicyclic amines) is 1. The van der Waals surface area contributed by atoms with Crippen LogP contribution in [0.1, 0.15) is 50.1 Å². The van der Waals surface area contributed by atoms with E-state index in [2.05, 4.69) is 48.3 Å². The van der Waals surface area contributed by atoms with Crippen LogP contribution in [0.15, 0.2) is 4.99 Å². The molecule has 1 saturated heterocycles. The summed E-state index contributed by atoms with van der Waals surface area (Å²) in [5, 5.41) is 21.0. The SMILES string of the molecule is CCNC(=NCCCN1CCC(O)CC1)NC(C)Cc1c(C)nn(C)c1C. The molecular formula is C20H38N6O. The van der Waals surface area contributed by atoms with E-state index in [0.29, 0.717) is 0 Å². The van der Waals surface area contributed by atoms with Crippen molar-refractivity contribution in [3.8, 4) is 0 Å². The normalized spacial score (nSPS) is 17.9. The lowest BCUT2D eigenvalue weighted by Gasteiger charge is -2.29. The van der Waals surface area contributed by atoms with Gasteiger partial charge in [0.2, 0.25) is 0 Å². The van der Waals surface area contributed by atoms with Crippen molar-refractivity contribution >= 4 is 5.96 Å². The zero-order valence-electron chi connectivity index (χ0n) is 17.8. The molecule has 0 radical (unpaired) electrons. The molecule has 2 rings (SSSR count). The Morgan fingerprint density at radius 1 is 1.33 bits per heavy atom. The summed E-state index contributed by atoms with van der Waals surface area (Å²) in [6.07, 6.45) is 3.68. The molecule has 2 heterocycles. The van der Waals surface area contributed by atoms with Gasteiger partial charge in [-0.3, -0.25) is 9.67 Å². The Hall–Kier alpha value is -1.60. The number of nitrogens with zero attached hydrogens (tertiary/aromatic N) is 4. The second-order valence-corrected chi connectivity index (χ2v) is 7.71. The van der Waals surface area contributed by atoms with Crippen LogP contribution in [-0.4, -0.2) is 70.6 Å². The first-order chi connectivity index (χ1) is 12.9. The van der Waals surface area contributed by atoms with Crippen LogP contribution >= 0.6 is 0 Å². The van der Waals surface area contributed by atoms with E-state index in [4.69, 9.17) is 4.99 Å². The second-order valence-electron chi connectivity index (χ2n) is 7.71. The minimum Gasteiger partial charge on any atom is -0.393 e. The Labute approximate surface area is 164 Å². The van der Waals surface area contributed by atoms with Gasteiger partial charge < -0.3 is 20.6 Å². The highest BCUT2D eigenvalue weighted by Gasteiger charge is 2.16. The van der Waals surface area contributed by atoms with Gasteiger partial charge in [0.1, 0.15) is 0 Å². The number of aliphatic imine (C=N–C) groups is 1. The predicted octanol–water partition coefficient (Wildman–Crippen LogP) is 1.37. The van der Waals surface area contributed by atoms with Crippen molar-refractivity contribution in [2.75, 3.05) is 32.7 Å². The summed E-state index contributed by atoms with van der Waals surface area (Å²) in [6, 6.07) is 0.285. The number of rotatable bonds is 8. The number of hydrogen-bond donors (Lipinski definition) is 3. The molecule has 1 unspecified atom stereocenters. The first-order valence-corrected chi connectivity index (χ1v) is 10.3. The number of aryl methyl sites for hydroxylation is 2. The summed E-state index contributed by atoms with van der Waals surface area (Å²) in [4.78, 5) is 7.17. The molecule has 0 saturated carbocycles. The van der Waals surface area contributed by atoms with E-state index in [1.54, 1.807) is 0 Å². The van der Waals surface area contributed by atoms with Gasteiger partial charge in [-0.15, -0.1) is 0 Å². The fraction of sp³-hybridized carbons (Fsp3) is 0.800. The van der Waals surface area contributed by atoms with Crippen LogP contribution in [0.4, 0.5) is 0 Å². The van der Waals surface area contributed by atoms with E-state index in [9.17, 15) is 5.11 Å². The minimum absolute atomic E-state index is 0.0996. The summed E-state index contributed by atoms with van der Waals surface area (Å²) < 4.78 is 1.95. The molecule has 0 aliphatic carbocycles. The number of hydrogen-bond acceptors (Lipinski definition) is 4. The fourth-order valence-electron chi connectivity index (χ4n) is 3.65. The minimum atomic E-state index is -0.0996. The van der Waals surface area contributed by atoms with E-state index in [-0.39, 0.29) is 12.1 Å². The third-order valence-corrected chi connectivity index (χ3v) is 5.36. The topological polar surface area (TPSA) is 77.7 Å². The Morgan fingerprint density at radius 2 is 2.04 bits per heavy atom. The number of aliphatic hydroxyl groups is 1. The first kappa shape index (κ1) is 21.7. The third kappa shape index (κ3) is 6.81. The van der Waals surface area contributed by atoms with Crippen LogP contribution < -0.4 is 10.6 Å². The highest BCUT2D eigenvalue weighted by Crippen LogP contribution is 2.14. The van der Waals surface area contributed by atoms with E-state index in [1.165, 1.54) is 11.3 Å². The first-order valence-electron chi connectivity index (χ1n) is 10.3. The van der Waals surface area contributed by atoms with Crippen molar-refractivity contribution in [2.24, 2.45) is 12.0 Å². The molecule has 1 atom stereocenters. The lowest BCUT2D eigenvalue weighted by Crippen LogP contribution is -2.43. The molecule has 0 bridgehead atoms. The molecule has 1 aliphatic heterocycles. The molecule has 0 spiro atoms. The molecule has 7 heteroatoms. The Morgan fingerprint density at radius 3 is 2.63 bits per heavy atom. The van der Waals surface area contributed by atoms with E-state index in [1.807, 2.05) is 11.7 Å². The average Bonchev–Trinajstić information content (AvgIpc) is 2.86. The molecule has 1 fully saturated rings. The summed E-state index contributed by atoms with van der Waals surface area (Å²) in [7, 11) is 2.00. The number of guanidine groups is 1. The van der Waals surface area contributed by atoms with Gasteiger partial charge in [0, 0.05) is 45.0 Å². The van der Waals surface area contributed by atoms with Gasteiger partial charge in [-0.05, 0) is 65.5 Å². The molecule has 1 aromatic rings. The van der Waals surface area contributed by atoms with E-state index >= 15 is 0 Å². The maximum Gasteiger partial charge on any atom is 0.191 e. The fourth-order valence-corrected chi connectivity index (χ4v) is 3.65. The molecular weight excluding hydrogens is 340 g/mol. The van der Waals surface area contributed by atoms with Gasteiger partial charge in [0.25, 0.3) is 0 Å². The van der Waals surface area contributed by atoms with Crippen molar-refractivity contribution in [2.45, 2.75) is 65.5 Å². The maximum atomic E-state index is 9.59. The summed E-state index contributed by atoms with van der Waals surface area (Å²) in [5.74, 6) is 0.887. The molecule has 0 amide bonds. The molecule has 7 nitrogen and oxygen atoms in total. The third-order valence-electron chi connectivity index (χ3n) is 5.36. The lowest BCUT2D eigenvalue weighted by atomic mass is 10.1. The van der Waals surface area contributed by atoms with E-state index < -0.39 is 0 Å². The number of aromatic nitrogens is 2. The monoisotopic (exact) mass is 378 g/mol. The molecule has 27 heavy (non-hydrogen) atoms. The van der Waals surface area contributed by atoms with Gasteiger partial charge in [-0.1, -0.05) is 0 Å². The summed E-state index contributed by atoms with van der Waals surface area (Å²) in [6.45, 7) is 13.2. The van der Waals surface area contributed by atoms with Crippen molar-refractivity contribution in [1.29, 1.82) is 0 Å². The lowest BCUT2D eigenvalue weighted by molar-refractivity contribution is 0.0824. The van der Waals surface area contributed by atoms with Crippen LogP contribution in [0.3, 0.4) is 0 Å². The zero-order chi connectivity index (χ0) is 19.8. The largest absolute Gasteiger partial charge is 0.393 e. The van der Waals surface area contributed by atoms with Crippen LogP contribution in [-0.2, 0) is 13.5 Å². The Balaban J connectivity index is 1.80. The highest BCUT2D eigenvalue weighted by atomic mass is 16.3. The van der Waals surface area contributed by atoms with Crippen LogP contribution in [0, 0.1) is 13.8 Å². The number of nitrogens with one attached hydrogen (secondary N) is 2. The Bertz CT molecular complexity index is 604. The van der Waals surface area contributed by atoms with Crippen LogP contribution in [0.2, 0.25) is 0 Å². The van der Waals surface area contributed by atoms with Gasteiger partial charge in [-0.25, -0.2) is 0 Å². The standard InChI is InChI=1S/C20H38N6O/c1-6-21-20(22-10-7-11-26-12-8-18(27)9-13-26)23-15(2)14-19-16(3)24-25(5)17(19)4/h15,18,27H,6-14H2,1-5H3,(H2,21,22,23). The molecule has 0 aromatic carbocycles. The molecule has 154 valence electrons. The smallest absolute Gasteiger partial charge is 0.191 e. The number of aliphatic hydroxyl groups excluding tert-OH is 1. The quantitative estimate of drug-likeness (QED) is 0.362. The van der Waals surface area contributed by atoms with Gasteiger partial charge in [0.15, 0.2) is 5.96 Å². The van der Waals surface area contributed by atoms with Gasteiger partial charge in [0.05, 0.1) is 11.8 Å². The molecule has 3 N–H and O–H groups in total. The molecule has 1 aliphatic rings. The van der Waals surface area contributed by atoms with Crippen molar-refractivity contribution in [1.82, 2.24) is 25.3 Å². The van der Waals surface area contributed by atoms with Crippen molar-refractivity contribution in [3.63, 3.8) is 0 Å². The van der Waals surface area contributed by atoms with E-state index in [0.717, 1.165) is 70.1 Å². The zero-order valence-corrected chi connectivity index (χ0v) is 17.8.